The average molecular weight is 398 g/mol. The molecule has 7 nitrogen and oxygen atoms in total. The molecule has 0 spiro atoms. The zero-order valence-corrected chi connectivity index (χ0v) is 16.7. The van der Waals surface area contributed by atoms with Crippen LogP contribution in [0.5, 0.6) is 11.5 Å². The van der Waals surface area contributed by atoms with Crippen molar-refractivity contribution in [3.05, 3.63) is 54.1 Å². The molecule has 1 unspecified atom stereocenters. The van der Waals surface area contributed by atoms with Gasteiger partial charge >= 0.3 is 0 Å². The number of aryl methyl sites for hydroxylation is 1. The highest BCUT2D eigenvalue weighted by molar-refractivity contribution is 5.95. The first-order chi connectivity index (χ1) is 14.1. The number of hydrogen-bond donors (Lipinski definition) is 1. The van der Waals surface area contributed by atoms with Crippen molar-refractivity contribution >= 4 is 17.5 Å². The molecule has 0 aliphatic carbocycles. The van der Waals surface area contributed by atoms with Crippen molar-refractivity contribution in [3.63, 3.8) is 0 Å². The maximum atomic E-state index is 12.2. The van der Waals surface area contributed by atoms with E-state index in [0.29, 0.717) is 24.6 Å². The van der Waals surface area contributed by atoms with Crippen LogP contribution in [-0.4, -0.2) is 51.3 Å². The normalized spacial score (nSPS) is 16.4. The minimum atomic E-state index is -0.284. The Balaban J connectivity index is 1.49. The van der Waals surface area contributed by atoms with Gasteiger partial charge in [0, 0.05) is 12.2 Å². The number of ether oxygens (including phenoxy) is 3. The monoisotopic (exact) mass is 398 g/mol. The van der Waals surface area contributed by atoms with E-state index in [-0.39, 0.29) is 31.1 Å². The Labute approximate surface area is 170 Å². The van der Waals surface area contributed by atoms with Gasteiger partial charge in [-0.15, -0.1) is 0 Å². The number of benzene rings is 2. The van der Waals surface area contributed by atoms with E-state index in [2.05, 4.69) is 12.2 Å². The number of hydrogen-bond acceptors (Lipinski definition) is 5. The van der Waals surface area contributed by atoms with E-state index < -0.39 is 0 Å². The van der Waals surface area contributed by atoms with Gasteiger partial charge in [-0.25, -0.2) is 0 Å². The number of anilines is 1. The Morgan fingerprint density at radius 3 is 2.59 bits per heavy atom. The predicted octanol–water partition coefficient (Wildman–Crippen LogP) is 2.18. The van der Waals surface area contributed by atoms with E-state index in [1.807, 2.05) is 36.4 Å². The van der Waals surface area contributed by atoms with Gasteiger partial charge in [0.2, 0.25) is 0 Å². The fraction of sp³-hybridized carbons (Fsp3) is 0.364. The lowest BCUT2D eigenvalue weighted by Gasteiger charge is -2.33. The maximum Gasteiger partial charge on any atom is 0.258 e. The largest absolute Gasteiger partial charge is 0.493 e. The number of nitrogens with zero attached hydrogens (tertiary/aromatic N) is 1. The van der Waals surface area contributed by atoms with Crippen LogP contribution in [0.25, 0.3) is 0 Å². The van der Waals surface area contributed by atoms with Crippen LogP contribution in [-0.2, 0) is 20.7 Å². The first-order valence-corrected chi connectivity index (χ1v) is 9.64. The first-order valence-electron chi connectivity index (χ1n) is 9.64. The molecular weight excluding hydrogens is 372 g/mol. The van der Waals surface area contributed by atoms with Crippen molar-refractivity contribution in [3.8, 4) is 11.5 Å². The van der Waals surface area contributed by atoms with Gasteiger partial charge in [-0.2, -0.15) is 0 Å². The van der Waals surface area contributed by atoms with E-state index in [1.54, 1.807) is 24.1 Å². The third-order valence-corrected chi connectivity index (χ3v) is 4.74. The summed E-state index contributed by atoms with van der Waals surface area (Å²) in [6.07, 6.45) is 0.664. The fourth-order valence-electron chi connectivity index (χ4n) is 3.07. The number of nitrogens with one attached hydrogen (secondary N) is 1. The molecule has 1 saturated heterocycles. The zero-order chi connectivity index (χ0) is 20.6. The highest BCUT2D eigenvalue weighted by atomic mass is 16.5. The summed E-state index contributed by atoms with van der Waals surface area (Å²) in [6, 6.07) is 15.1. The summed E-state index contributed by atoms with van der Waals surface area (Å²) in [4.78, 5) is 26.1. The minimum Gasteiger partial charge on any atom is -0.493 e. The molecule has 2 aromatic rings. The Morgan fingerprint density at radius 2 is 1.90 bits per heavy atom. The molecular formula is C22H26N2O5. The van der Waals surface area contributed by atoms with Gasteiger partial charge in [-0.05, 0) is 36.2 Å². The van der Waals surface area contributed by atoms with Crippen LogP contribution in [0.1, 0.15) is 12.5 Å². The van der Waals surface area contributed by atoms with E-state index in [1.165, 1.54) is 5.56 Å². The number of amides is 2. The van der Waals surface area contributed by atoms with Gasteiger partial charge in [0.1, 0.15) is 6.61 Å². The van der Waals surface area contributed by atoms with Gasteiger partial charge in [-0.3, -0.25) is 9.59 Å². The lowest BCUT2D eigenvalue weighted by atomic mass is 10.1. The van der Waals surface area contributed by atoms with Crippen molar-refractivity contribution in [1.29, 1.82) is 0 Å². The van der Waals surface area contributed by atoms with E-state index in [0.717, 1.165) is 12.1 Å². The Hall–Kier alpha value is -3.06. The van der Waals surface area contributed by atoms with E-state index in [4.69, 9.17) is 14.2 Å². The van der Waals surface area contributed by atoms with E-state index >= 15 is 0 Å². The summed E-state index contributed by atoms with van der Waals surface area (Å²) in [5, 5.41) is 2.80. The molecule has 1 N–H and O–H groups in total. The number of carbonyl (C=O) groups excluding carboxylic acids is 2. The van der Waals surface area contributed by atoms with Crippen molar-refractivity contribution < 1.29 is 23.8 Å². The Bertz CT molecular complexity index is 837. The second-order valence-electron chi connectivity index (χ2n) is 6.70. The van der Waals surface area contributed by atoms with Crippen molar-refractivity contribution in [1.82, 2.24) is 5.32 Å². The van der Waals surface area contributed by atoms with Gasteiger partial charge < -0.3 is 24.4 Å². The van der Waals surface area contributed by atoms with Gasteiger partial charge in [0.15, 0.2) is 18.1 Å². The highest BCUT2D eigenvalue weighted by Gasteiger charge is 2.27. The SMILES string of the molecule is CCc1ccc(N2CC(CNC(=O)COc3ccccc3OC)OCC2=O)cc1. The number of carbonyl (C=O) groups is 2. The maximum absolute atomic E-state index is 12.2. The first kappa shape index (κ1) is 20.7. The quantitative estimate of drug-likeness (QED) is 0.738. The van der Waals surface area contributed by atoms with Crippen LogP contribution >= 0.6 is 0 Å². The van der Waals surface area contributed by atoms with E-state index in [9.17, 15) is 9.59 Å². The summed E-state index contributed by atoms with van der Waals surface area (Å²) < 4.78 is 16.3. The number of methoxy groups -OCH3 is 1. The Morgan fingerprint density at radius 1 is 1.17 bits per heavy atom. The molecule has 29 heavy (non-hydrogen) atoms. The molecule has 7 heteroatoms. The van der Waals surface area contributed by atoms with Crippen LogP contribution in [0.15, 0.2) is 48.5 Å². The Kier molecular flexibility index (Phi) is 7.08. The average Bonchev–Trinajstić information content (AvgIpc) is 2.77. The molecule has 0 radical (unpaired) electrons. The molecule has 2 amide bonds. The van der Waals surface area contributed by atoms with Crippen LogP contribution in [0.3, 0.4) is 0 Å². The summed E-state index contributed by atoms with van der Waals surface area (Å²) in [5.74, 6) is 0.720. The van der Waals surface area contributed by atoms with Gasteiger partial charge in [-0.1, -0.05) is 31.2 Å². The molecule has 0 aromatic heterocycles. The summed E-state index contributed by atoms with van der Waals surface area (Å²) in [5.41, 5.74) is 2.06. The lowest BCUT2D eigenvalue weighted by molar-refractivity contribution is -0.130. The van der Waals surface area contributed by atoms with Gasteiger partial charge in [0.05, 0.1) is 19.8 Å². The second kappa shape index (κ2) is 9.93. The summed E-state index contributed by atoms with van der Waals surface area (Å²) in [7, 11) is 1.55. The molecule has 0 saturated carbocycles. The standard InChI is InChI=1S/C22H26N2O5/c1-3-16-8-10-17(11-9-16)24-13-18(28-15-22(24)26)12-23-21(25)14-29-20-7-5-4-6-19(20)27-2/h4-11,18H,3,12-15H2,1-2H3,(H,23,25). The molecule has 154 valence electrons. The zero-order valence-electron chi connectivity index (χ0n) is 16.7. The smallest absolute Gasteiger partial charge is 0.258 e. The minimum absolute atomic E-state index is 0.00617. The second-order valence-corrected chi connectivity index (χ2v) is 6.70. The number of para-hydroxylation sites is 2. The topological polar surface area (TPSA) is 77.1 Å². The van der Waals surface area contributed by atoms with Crippen molar-refractivity contribution in [2.24, 2.45) is 0 Å². The summed E-state index contributed by atoms with van der Waals surface area (Å²) in [6.45, 7) is 2.64. The molecule has 0 bridgehead atoms. The molecule has 2 aromatic carbocycles. The molecule has 3 rings (SSSR count). The number of rotatable bonds is 8. The van der Waals surface area contributed by atoms with Crippen LogP contribution in [0.2, 0.25) is 0 Å². The summed E-state index contributed by atoms with van der Waals surface area (Å²) >= 11 is 0. The lowest BCUT2D eigenvalue weighted by Crippen LogP contribution is -2.51. The third-order valence-electron chi connectivity index (χ3n) is 4.74. The predicted molar refractivity (Wildman–Crippen MR) is 109 cm³/mol. The molecule has 1 aliphatic rings. The van der Waals surface area contributed by atoms with Gasteiger partial charge in [0.25, 0.3) is 11.8 Å². The molecule has 1 atom stereocenters. The molecule has 1 heterocycles. The van der Waals surface area contributed by atoms with Crippen molar-refractivity contribution in [2.45, 2.75) is 19.4 Å². The van der Waals surface area contributed by atoms with Crippen LogP contribution < -0.4 is 19.7 Å². The number of morpholine rings is 1. The molecule has 1 fully saturated rings. The molecule has 1 aliphatic heterocycles. The van der Waals surface area contributed by atoms with Crippen LogP contribution in [0.4, 0.5) is 5.69 Å². The fourth-order valence-corrected chi connectivity index (χ4v) is 3.07. The van der Waals surface area contributed by atoms with Crippen LogP contribution in [0, 0.1) is 0 Å². The third kappa shape index (κ3) is 5.48. The highest BCUT2D eigenvalue weighted by Crippen LogP contribution is 2.25. The van der Waals surface area contributed by atoms with Crippen molar-refractivity contribution in [2.75, 3.05) is 38.3 Å².